The van der Waals surface area contributed by atoms with Crippen molar-refractivity contribution in [3.8, 4) is 11.5 Å². The van der Waals surface area contributed by atoms with Crippen LogP contribution in [0.25, 0.3) is 0 Å². The van der Waals surface area contributed by atoms with E-state index in [0.717, 1.165) is 61.9 Å². The Labute approximate surface area is 179 Å². The van der Waals surface area contributed by atoms with Gasteiger partial charge in [-0.3, -0.25) is 14.6 Å². The third kappa shape index (κ3) is 4.30. The van der Waals surface area contributed by atoms with E-state index in [1.165, 1.54) is 5.56 Å². The summed E-state index contributed by atoms with van der Waals surface area (Å²) >= 11 is 0. The minimum absolute atomic E-state index is 0.204. The first-order chi connectivity index (χ1) is 14.6. The minimum atomic E-state index is 0.204. The highest BCUT2D eigenvalue weighted by atomic mass is 16.5. The van der Waals surface area contributed by atoms with Gasteiger partial charge in [0.1, 0.15) is 11.5 Å². The van der Waals surface area contributed by atoms with Crippen LogP contribution in [0, 0.1) is 0 Å². The van der Waals surface area contributed by atoms with Crippen LogP contribution in [0.4, 0.5) is 5.69 Å². The summed E-state index contributed by atoms with van der Waals surface area (Å²) in [6, 6.07) is 14.4. The summed E-state index contributed by atoms with van der Waals surface area (Å²) < 4.78 is 10.9. The minimum Gasteiger partial charge on any atom is -0.497 e. The zero-order valence-corrected chi connectivity index (χ0v) is 18.1. The lowest BCUT2D eigenvalue weighted by Crippen LogP contribution is -2.50. The van der Waals surface area contributed by atoms with Crippen molar-refractivity contribution < 1.29 is 14.3 Å². The molecule has 1 atom stereocenters. The number of anilines is 1. The van der Waals surface area contributed by atoms with Gasteiger partial charge in [-0.25, -0.2) is 0 Å². The molecule has 160 valence electrons. The van der Waals surface area contributed by atoms with Gasteiger partial charge in [0, 0.05) is 50.0 Å². The van der Waals surface area contributed by atoms with Gasteiger partial charge in [-0.05, 0) is 43.2 Å². The largest absolute Gasteiger partial charge is 0.497 e. The zero-order valence-electron chi connectivity index (χ0n) is 18.1. The van der Waals surface area contributed by atoms with E-state index >= 15 is 0 Å². The van der Waals surface area contributed by atoms with Crippen molar-refractivity contribution in [1.29, 1.82) is 0 Å². The van der Waals surface area contributed by atoms with Gasteiger partial charge in [0.05, 0.1) is 20.8 Å². The van der Waals surface area contributed by atoms with Crippen LogP contribution in [0.1, 0.15) is 18.1 Å². The lowest BCUT2D eigenvalue weighted by molar-refractivity contribution is -0.120. The molecule has 2 aromatic rings. The molecule has 0 aromatic heterocycles. The number of piperazine rings is 1. The highest BCUT2D eigenvalue weighted by molar-refractivity contribution is 5.97. The van der Waals surface area contributed by atoms with Crippen molar-refractivity contribution in [3.05, 3.63) is 53.6 Å². The summed E-state index contributed by atoms with van der Waals surface area (Å²) in [6.07, 6.45) is 0.943. The molecule has 0 bridgehead atoms. The summed E-state index contributed by atoms with van der Waals surface area (Å²) in [5, 5.41) is 0. The molecule has 2 aliphatic heterocycles. The van der Waals surface area contributed by atoms with Gasteiger partial charge in [0.25, 0.3) is 0 Å². The maximum absolute atomic E-state index is 13.1. The quantitative estimate of drug-likeness (QED) is 0.734. The van der Waals surface area contributed by atoms with Crippen molar-refractivity contribution in [1.82, 2.24) is 9.80 Å². The molecule has 0 radical (unpaired) electrons. The molecule has 1 amide bonds. The third-order valence-electron chi connectivity index (χ3n) is 6.18. The van der Waals surface area contributed by atoms with Crippen molar-refractivity contribution in [2.45, 2.75) is 25.9 Å². The first-order valence-electron chi connectivity index (χ1n) is 10.6. The summed E-state index contributed by atoms with van der Waals surface area (Å²) in [5.41, 5.74) is 3.48. The first kappa shape index (κ1) is 20.7. The molecule has 0 aliphatic carbocycles. The monoisotopic (exact) mass is 409 g/mol. The Morgan fingerprint density at radius 2 is 1.73 bits per heavy atom. The van der Waals surface area contributed by atoms with Crippen molar-refractivity contribution in [2.24, 2.45) is 0 Å². The molecule has 0 N–H and O–H groups in total. The Morgan fingerprint density at radius 1 is 1.00 bits per heavy atom. The number of hydrogen-bond acceptors (Lipinski definition) is 5. The molecule has 6 nitrogen and oxygen atoms in total. The van der Waals surface area contributed by atoms with Crippen LogP contribution in [0.2, 0.25) is 0 Å². The van der Waals surface area contributed by atoms with Gasteiger partial charge < -0.3 is 14.4 Å². The number of para-hydroxylation sites is 1. The van der Waals surface area contributed by atoms with Gasteiger partial charge >= 0.3 is 0 Å². The van der Waals surface area contributed by atoms with E-state index in [9.17, 15) is 4.79 Å². The van der Waals surface area contributed by atoms with Crippen LogP contribution in [-0.2, 0) is 17.8 Å². The Morgan fingerprint density at radius 3 is 2.47 bits per heavy atom. The SMILES string of the molecule is COc1ccc(OC)c(CN2CCN(CC(=O)N3c4ccccc4C[C@@H]3C)CC2)c1. The molecule has 2 aliphatic rings. The summed E-state index contributed by atoms with van der Waals surface area (Å²) in [6.45, 7) is 7.08. The Bertz CT molecular complexity index is 893. The van der Waals surface area contributed by atoms with E-state index in [0.29, 0.717) is 6.54 Å². The number of rotatable bonds is 6. The number of hydrogen-bond donors (Lipinski definition) is 0. The predicted octanol–water partition coefficient (Wildman–Crippen LogP) is 2.80. The van der Waals surface area contributed by atoms with Gasteiger partial charge in [0.15, 0.2) is 0 Å². The molecule has 0 spiro atoms. The van der Waals surface area contributed by atoms with Gasteiger partial charge in [-0.2, -0.15) is 0 Å². The molecule has 0 saturated carbocycles. The van der Waals surface area contributed by atoms with Crippen LogP contribution in [0.5, 0.6) is 11.5 Å². The number of carbonyl (C=O) groups excluding carboxylic acids is 1. The topological polar surface area (TPSA) is 45.3 Å². The zero-order chi connectivity index (χ0) is 21.1. The molecule has 2 heterocycles. The molecular weight excluding hydrogens is 378 g/mol. The number of fused-ring (bicyclic) bond motifs is 1. The second-order valence-electron chi connectivity index (χ2n) is 8.18. The van der Waals surface area contributed by atoms with Crippen molar-refractivity contribution in [3.63, 3.8) is 0 Å². The lowest BCUT2D eigenvalue weighted by atomic mass is 10.1. The van der Waals surface area contributed by atoms with E-state index in [1.807, 2.05) is 29.2 Å². The van der Waals surface area contributed by atoms with Crippen LogP contribution in [0.3, 0.4) is 0 Å². The molecule has 6 heteroatoms. The predicted molar refractivity (Wildman–Crippen MR) is 118 cm³/mol. The fourth-order valence-corrected chi connectivity index (χ4v) is 4.56. The van der Waals surface area contributed by atoms with Crippen molar-refractivity contribution >= 4 is 11.6 Å². The van der Waals surface area contributed by atoms with Gasteiger partial charge in [0.2, 0.25) is 5.91 Å². The average Bonchev–Trinajstić information content (AvgIpc) is 3.10. The van der Waals surface area contributed by atoms with E-state index in [1.54, 1.807) is 14.2 Å². The maximum atomic E-state index is 13.1. The fourth-order valence-electron chi connectivity index (χ4n) is 4.56. The maximum Gasteiger partial charge on any atom is 0.241 e. The number of amides is 1. The number of carbonyl (C=O) groups is 1. The normalized spacial score (nSPS) is 19.6. The van der Waals surface area contributed by atoms with Crippen molar-refractivity contribution in [2.75, 3.05) is 51.8 Å². The summed E-state index contributed by atoms with van der Waals surface area (Å²) in [4.78, 5) is 19.7. The number of nitrogens with zero attached hydrogens (tertiary/aromatic N) is 3. The molecule has 1 saturated heterocycles. The number of benzene rings is 2. The van der Waals surface area contributed by atoms with E-state index in [4.69, 9.17) is 9.47 Å². The van der Waals surface area contributed by atoms with Gasteiger partial charge in [-0.15, -0.1) is 0 Å². The van der Waals surface area contributed by atoms with Crippen LogP contribution in [0.15, 0.2) is 42.5 Å². The third-order valence-corrected chi connectivity index (χ3v) is 6.18. The number of methoxy groups -OCH3 is 2. The van der Waals surface area contributed by atoms with E-state index < -0.39 is 0 Å². The summed E-state index contributed by atoms with van der Waals surface area (Å²) in [7, 11) is 3.38. The Kier molecular flexibility index (Phi) is 6.25. The number of ether oxygens (including phenoxy) is 2. The van der Waals surface area contributed by atoms with Crippen LogP contribution in [-0.4, -0.2) is 68.7 Å². The molecule has 1 fully saturated rings. The summed E-state index contributed by atoms with van der Waals surface area (Å²) in [5.74, 6) is 1.93. The second-order valence-corrected chi connectivity index (χ2v) is 8.18. The van der Waals surface area contributed by atoms with E-state index in [2.05, 4.69) is 34.9 Å². The highest BCUT2D eigenvalue weighted by Gasteiger charge is 2.31. The molecule has 2 aromatic carbocycles. The standard InChI is InChI=1S/C24H31N3O3/c1-18-14-19-6-4-5-7-22(19)27(18)24(28)17-26-12-10-25(11-13-26)16-20-15-21(29-2)8-9-23(20)30-3/h4-9,15,18H,10-14,16-17H2,1-3H3/t18-/m0/s1. The second kappa shape index (κ2) is 9.06. The van der Waals surface area contributed by atoms with Gasteiger partial charge in [-0.1, -0.05) is 18.2 Å². The first-order valence-corrected chi connectivity index (χ1v) is 10.6. The van der Waals surface area contributed by atoms with Crippen LogP contribution < -0.4 is 14.4 Å². The Hall–Kier alpha value is -2.57. The lowest BCUT2D eigenvalue weighted by Gasteiger charge is -2.35. The molecule has 0 unspecified atom stereocenters. The highest BCUT2D eigenvalue weighted by Crippen LogP contribution is 2.32. The smallest absolute Gasteiger partial charge is 0.241 e. The molecule has 30 heavy (non-hydrogen) atoms. The Balaban J connectivity index is 1.33. The van der Waals surface area contributed by atoms with Crippen LogP contribution >= 0.6 is 0 Å². The van der Waals surface area contributed by atoms with E-state index in [-0.39, 0.29) is 11.9 Å². The molecular formula is C24H31N3O3. The fraction of sp³-hybridized carbons (Fsp3) is 0.458. The molecule has 4 rings (SSSR count). The average molecular weight is 410 g/mol.